The van der Waals surface area contributed by atoms with E-state index in [0.29, 0.717) is 6.61 Å². The highest BCUT2D eigenvalue weighted by Crippen LogP contribution is 2.21. The summed E-state index contributed by atoms with van der Waals surface area (Å²) in [6, 6.07) is 0. The maximum Gasteiger partial charge on any atom is 0.0836 e. The van der Waals surface area contributed by atoms with Crippen LogP contribution >= 0.6 is 0 Å². The highest BCUT2D eigenvalue weighted by molar-refractivity contribution is 4.94. The maximum atomic E-state index is 5.74. The monoisotopic (exact) mass is 238 g/mol. The fraction of sp³-hybridized carbons (Fsp3) is 0.750. The molecule has 0 aliphatic rings. The van der Waals surface area contributed by atoms with Gasteiger partial charge in [-0.3, -0.25) is 0 Å². The third kappa shape index (κ3) is 9.17. The van der Waals surface area contributed by atoms with Gasteiger partial charge in [0.15, 0.2) is 0 Å². The van der Waals surface area contributed by atoms with Crippen molar-refractivity contribution in [2.24, 2.45) is 0 Å². The quantitative estimate of drug-likeness (QED) is 0.332. The Labute approximate surface area is 108 Å². The minimum atomic E-state index is -0.169. The Balaban J connectivity index is 3.55. The van der Waals surface area contributed by atoms with Crippen LogP contribution in [0.1, 0.15) is 65.2 Å². The smallest absolute Gasteiger partial charge is 0.0836 e. The number of hydrogen-bond donors (Lipinski definition) is 0. The predicted octanol–water partition coefficient (Wildman–Crippen LogP) is 5.27. The first kappa shape index (κ1) is 16.4. The molecule has 1 atom stereocenters. The zero-order valence-corrected chi connectivity index (χ0v) is 11.8. The van der Waals surface area contributed by atoms with E-state index in [1.54, 1.807) is 6.08 Å². The van der Waals surface area contributed by atoms with E-state index >= 15 is 0 Å². The van der Waals surface area contributed by atoms with Crippen molar-refractivity contribution in [2.45, 2.75) is 70.8 Å². The Hall–Kier alpha value is -0.560. The average molecular weight is 238 g/mol. The van der Waals surface area contributed by atoms with Gasteiger partial charge in [0.2, 0.25) is 0 Å². The van der Waals surface area contributed by atoms with E-state index in [1.807, 2.05) is 6.08 Å². The lowest BCUT2D eigenvalue weighted by Gasteiger charge is -2.25. The van der Waals surface area contributed by atoms with Crippen LogP contribution in [0, 0.1) is 0 Å². The van der Waals surface area contributed by atoms with Crippen LogP contribution in [0.25, 0.3) is 0 Å². The summed E-state index contributed by atoms with van der Waals surface area (Å²) in [5, 5.41) is 0. The van der Waals surface area contributed by atoms with Crippen molar-refractivity contribution >= 4 is 0 Å². The van der Waals surface area contributed by atoms with Gasteiger partial charge in [-0.15, -0.1) is 13.2 Å². The van der Waals surface area contributed by atoms with Crippen molar-refractivity contribution in [1.82, 2.24) is 0 Å². The molecule has 0 aliphatic carbocycles. The molecule has 0 aromatic rings. The summed E-state index contributed by atoms with van der Waals surface area (Å²) in [6.07, 6.45) is 14.2. The molecule has 1 unspecified atom stereocenters. The van der Waals surface area contributed by atoms with E-state index < -0.39 is 0 Å². The molecule has 0 bridgehead atoms. The number of ether oxygens (including phenoxy) is 1. The molecular weight excluding hydrogens is 208 g/mol. The minimum absolute atomic E-state index is 0.169. The average Bonchev–Trinajstić information content (AvgIpc) is 2.35. The third-order valence-corrected chi connectivity index (χ3v) is 3.24. The lowest BCUT2D eigenvalue weighted by Crippen LogP contribution is -2.25. The molecule has 0 spiro atoms. The van der Waals surface area contributed by atoms with Crippen molar-refractivity contribution in [3.05, 3.63) is 25.3 Å². The molecule has 0 aliphatic heterocycles. The predicted molar refractivity (Wildman–Crippen MR) is 77.4 cm³/mol. The van der Waals surface area contributed by atoms with Gasteiger partial charge >= 0.3 is 0 Å². The van der Waals surface area contributed by atoms with Gasteiger partial charge in [-0.05, 0) is 13.3 Å². The normalized spacial score (nSPS) is 14.2. The highest BCUT2D eigenvalue weighted by Gasteiger charge is 2.19. The van der Waals surface area contributed by atoms with Crippen LogP contribution < -0.4 is 0 Å². The van der Waals surface area contributed by atoms with Gasteiger partial charge in [0.05, 0.1) is 12.2 Å². The van der Waals surface area contributed by atoms with E-state index in [9.17, 15) is 0 Å². The van der Waals surface area contributed by atoms with Crippen LogP contribution in [0.15, 0.2) is 25.3 Å². The van der Waals surface area contributed by atoms with Gasteiger partial charge in [0, 0.05) is 0 Å². The van der Waals surface area contributed by atoms with Crippen LogP contribution in [0.4, 0.5) is 0 Å². The molecule has 0 radical (unpaired) electrons. The highest BCUT2D eigenvalue weighted by atomic mass is 16.5. The number of hydrogen-bond acceptors (Lipinski definition) is 1. The fourth-order valence-electron chi connectivity index (χ4n) is 1.92. The lowest BCUT2D eigenvalue weighted by atomic mass is 9.97. The van der Waals surface area contributed by atoms with Crippen LogP contribution in [-0.4, -0.2) is 12.2 Å². The second kappa shape index (κ2) is 10.6. The molecule has 100 valence electrons. The molecule has 0 heterocycles. The van der Waals surface area contributed by atoms with Crippen molar-refractivity contribution in [1.29, 1.82) is 0 Å². The summed E-state index contributed by atoms with van der Waals surface area (Å²) in [6.45, 7) is 12.5. The summed E-state index contributed by atoms with van der Waals surface area (Å²) in [4.78, 5) is 0. The van der Waals surface area contributed by atoms with Crippen LogP contribution in [0.2, 0.25) is 0 Å². The number of unbranched alkanes of at least 4 members (excludes halogenated alkanes) is 6. The zero-order valence-electron chi connectivity index (χ0n) is 11.8. The Morgan fingerprint density at radius 1 is 1.00 bits per heavy atom. The van der Waals surface area contributed by atoms with Gasteiger partial charge in [-0.25, -0.2) is 0 Å². The first-order valence-corrected chi connectivity index (χ1v) is 7.07. The van der Waals surface area contributed by atoms with Crippen molar-refractivity contribution < 1.29 is 4.74 Å². The van der Waals surface area contributed by atoms with Crippen LogP contribution in [-0.2, 0) is 4.74 Å². The van der Waals surface area contributed by atoms with Gasteiger partial charge in [-0.2, -0.15) is 0 Å². The summed E-state index contributed by atoms with van der Waals surface area (Å²) >= 11 is 0. The van der Waals surface area contributed by atoms with Gasteiger partial charge < -0.3 is 4.74 Å². The van der Waals surface area contributed by atoms with Crippen molar-refractivity contribution in [3.8, 4) is 0 Å². The van der Waals surface area contributed by atoms with E-state index in [2.05, 4.69) is 27.0 Å². The molecule has 0 saturated heterocycles. The SMILES string of the molecule is C=CCOC(C)(C=C)CCCCCCCCC. The molecule has 17 heavy (non-hydrogen) atoms. The second-order valence-electron chi connectivity index (χ2n) is 4.99. The molecule has 0 amide bonds. The fourth-order valence-corrected chi connectivity index (χ4v) is 1.92. The second-order valence-corrected chi connectivity index (χ2v) is 4.99. The largest absolute Gasteiger partial charge is 0.367 e. The minimum Gasteiger partial charge on any atom is -0.367 e. The Morgan fingerprint density at radius 3 is 2.12 bits per heavy atom. The maximum absolute atomic E-state index is 5.74. The van der Waals surface area contributed by atoms with Gasteiger partial charge in [-0.1, -0.05) is 64.0 Å². The first-order chi connectivity index (χ1) is 8.18. The molecule has 0 aromatic heterocycles. The Bertz CT molecular complexity index is 198. The van der Waals surface area contributed by atoms with E-state index in [-0.39, 0.29) is 5.60 Å². The topological polar surface area (TPSA) is 9.23 Å². The van der Waals surface area contributed by atoms with E-state index in [4.69, 9.17) is 4.74 Å². The Morgan fingerprint density at radius 2 is 1.59 bits per heavy atom. The van der Waals surface area contributed by atoms with Crippen LogP contribution in [0.5, 0.6) is 0 Å². The Kier molecular flexibility index (Phi) is 10.2. The van der Waals surface area contributed by atoms with Crippen LogP contribution in [0.3, 0.4) is 0 Å². The molecule has 0 fully saturated rings. The molecule has 0 aromatic carbocycles. The van der Waals surface area contributed by atoms with Crippen molar-refractivity contribution in [2.75, 3.05) is 6.61 Å². The molecule has 1 nitrogen and oxygen atoms in total. The summed E-state index contributed by atoms with van der Waals surface area (Å²) in [7, 11) is 0. The van der Waals surface area contributed by atoms with E-state index in [0.717, 1.165) is 6.42 Å². The van der Waals surface area contributed by atoms with E-state index in [1.165, 1.54) is 44.9 Å². The van der Waals surface area contributed by atoms with Crippen molar-refractivity contribution in [3.63, 3.8) is 0 Å². The molecule has 1 heteroatoms. The number of rotatable bonds is 12. The summed E-state index contributed by atoms with van der Waals surface area (Å²) < 4.78 is 5.74. The van der Waals surface area contributed by atoms with Gasteiger partial charge in [0.25, 0.3) is 0 Å². The summed E-state index contributed by atoms with van der Waals surface area (Å²) in [5.41, 5.74) is -0.169. The molecular formula is C16H30O. The lowest BCUT2D eigenvalue weighted by molar-refractivity contribution is 0.0154. The molecule has 0 N–H and O–H groups in total. The molecule has 0 rings (SSSR count). The zero-order chi connectivity index (χ0) is 13.0. The molecule has 0 saturated carbocycles. The third-order valence-electron chi connectivity index (χ3n) is 3.24. The first-order valence-electron chi connectivity index (χ1n) is 7.07. The summed E-state index contributed by atoms with van der Waals surface area (Å²) in [5.74, 6) is 0. The van der Waals surface area contributed by atoms with Gasteiger partial charge in [0.1, 0.15) is 0 Å². The standard InChI is InChI=1S/C16H30O/c1-5-8-9-10-11-12-13-14-16(4,7-3)17-15-6-2/h6-7H,2-3,5,8-15H2,1,4H3.